The number of benzene rings is 2. The Morgan fingerprint density at radius 3 is 2.42 bits per heavy atom. The van der Waals surface area contributed by atoms with Crippen molar-refractivity contribution in [1.82, 2.24) is 0 Å². The van der Waals surface area contributed by atoms with E-state index in [0.717, 1.165) is 5.56 Å². The maximum Gasteiger partial charge on any atom is 0.162 e. The number of aryl methyl sites for hydroxylation is 1. The Morgan fingerprint density at radius 2 is 1.84 bits per heavy atom. The fourth-order valence-corrected chi connectivity index (χ4v) is 1.72. The topological polar surface area (TPSA) is 26.3 Å². The van der Waals surface area contributed by atoms with Gasteiger partial charge in [-0.3, -0.25) is 4.79 Å². The second-order valence-electron chi connectivity index (χ2n) is 4.47. The summed E-state index contributed by atoms with van der Waals surface area (Å²) in [6.45, 7) is 3.73. The summed E-state index contributed by atoms with van der Waals surface area (Å²) < 4.78 is 19.1. The lowest BCUT2D eigenvalue weighted by molar-refractivity contribution is 0.101. The number of Topliss-reactive ketones (excluding diaryl/α,β-unsaturated/α-hetero) is 1. The molecule has 0 heterocycles. The minimum absolute atomic E-state index is 0.0858. The molecule has 3 heteroatoms. The molecule has 19 heavy (non-hydrogen) atoms. The van der Waals surface area contributed by atoms with Crippen LogP contribution >= 0.6 is 0 Å². The molecule has 2 rings (SSSR count). The highest BCUT2D eigenvalue weighted by molar-refractivity contribution is 5.94. The fraction of sp³-hybridized carbons (Fsp3) is 0.188. The van der Waals surface area contributed by atoms with Gasteiger partial charge in [-0.1, -0.05) is 29.8 Å². The number of rotatable bonds is 4. The average Bonchev–Trinajstić information content (AvgIpc) is 2.37. The Bertz CT molecular complexity index is 588. The van der Waals surface area contributed by atoms with Gasteiger partial charge in [0.2, 0.25) is 0 Å². The predicted molar refractivity (Wildman–Crippen MR) is 71.9 cm³/mol. The molecule has 0 bridgehead atoms. The molecule has 0 spiro atoms. The largest absolute Gasteiger partial charge is 0.489 e. The van der Waals surface area contributed by atoms with E-state index in [4.69, 9.17) is 4.74 Å². The van der Waals surface area contributed by atoms with Gasteiger partial charge in [0.15, 0.2) is 5.78 Å². The van der Waals surface area contributed by atoms with Crippen molar-refractivity contribution in [2.45, 2.75) is 20.5 Å². The molecule has 0 unspecified atom stereocenters. The van der Waals surface area contributed by atoms with Crippen LogP contribution in [0, 0.1) is 12.7 Å². The molecule has 0 N–H and O–H groups in total. The summed E-state index contributed by atoms with van der Waals surface area (Å²) in [7, 11) is 0. The Labute approximate surface area is 111 Å². The second-order valence-corrected chi connectivity index (χ2v) is 4.47. The summed E-state index contributed by atoms with van der Waals surface area (Å²) in [5.41, 5.74) is 2.28. The predicted octanol–water partition coefficient (Wildman–Crippen LogP) is 3.92. The molecule has 0 aromatic heterocycles. The zero-order chi connectivity index (χ0) is 13.8. The molecule has 0 amide bonds. The van der Waals surface area contributed by atoms with Crippen molar-refractivity contribution >= 4 is 5.78 Å². The summed E-state index contributed by atoms with van der Waals surface area (Å²) >= 11 is 0. The van der Waals surface area contributed by atoms with E-state index in [1.165, 1.54) is 24.6 Å². The van der Waals surface area contributed by atoms with Crippen LogP contribution in [0.25, 0.3) is 0 Å². The van der Waals surface area contributed by atoms with Gasteiger partial charge in [-0.05, 0) is 31.5 Å². The second kappa shape index (κ2) is 5.65. The number of ketones is 1. The van der Waals surface area contributed by atoms with E-state index in [9.17, 15) is 9.18 Å². The maximum atomic E-state index is 13.6. The molecule has 98 valence electrons. The van der Waals surface area contributed by atoms with Crippen molar-refractivity contribution in [3.63, 3.8) is 0 Å². The SMILES string of the molecule is CC(=O)c1ccc(OCc2ccc(C)cc2)cc1F. The van der Waals surface area contributed by atoms with E-state index in [2.05, 4.69) is 0 Å². The van der Waals surface area contributed by atoms with Crippen molar-refractivity contribution in [3.8, 4) is 5.75 Å². The number of carbonyl (C=O) groups excluding carboxylic acids is 1. The molecule has 0 aliphatic rings. The van der Waals surface area contributed by atoms with Gasteiger partial charge in [-0.25, -0.2) is 4.39 Å². The van der Waals surface area contributed by atoms with Gasteiger partial charge >= 0.3 is 0 Å². The van der Waals surface area contributed by atoms with Crippen LogP contribution in [0.4, 0.5) is 4.39 Å². The van der Waals surface area contributed by atoms with Crippen molar-refractivity contribution < 1.29 is 13.9 Å². The highest BCUT2D eigenvalue weighted by atomic mass is 19.1. The third kappa shape index (κ3) is 3.41. The number of hydrogen-bond acceptors (Lipinski definition) is 2. The summed E-state index contributed by atoms with van der Waals surface area (Å²) in [4.78, 5) is 11.1. The van der Waals surface area contributed by atoms with Crippen LogP contribution in [0.1, 0.15) is 28.4 Å². The van der Waals surface area contributed by atoms with Gasteiger partial charge in [0.25, 0.3) is 0 Å². The molecule has 2 aromatic rings. The van der Waals surface area contributed by atoms with Crippen LogP contribution in [-0.2, 0) is 6.61 Å². The van der Waals surface area contributed by atoms with E-state index < -0.39 is 5.82 Å². The third-order valence-corrected chi connectivity index (χ3v) is 2.85. The van der Waals surface area contributed by atoms with Gasteiger partial charge in [0.05, 0.1) is 5.56 Å². The summed E-state index contributed by atoms with van der Waals surface area (Å²) in [5, 5.41) is 0. The molecular weight excluding hydrogens is 243 g/mol. The molecule has 0 radical (unpaired) electrons. The van der Waals surface area contributed by atoms with Gasteiger partial charge in [0.1, 0.15) is 18.2 Å². The average molecular weight is 258 g/mol. The first-order valence-corrected chi connectivity index (χ1v) is 6.05. The lowest BCUT2D eigenvalue weighted by atomic mass is 10.1. The zero-order valence-corrected chi connectivity index (χ0v) is 10.9. The number of ether oxygens (including phenoxy) is 1. The van der Waals surface area contributed by atoms with Crippen LogP contribution < -0.4 is 4.74 Å². The molecule has 0 aliphatic heterocycles. The van der Waals surface area contributed by atoms with Crippen LogP contribution in [0.2, 0.25) is 0 Å². The minimum Gasteiger partial charge on any atom is -0.489 e. The standard InChI is InChI=1S/C16H15FO2/c1-11-3-5-13(6-4-11)10-19-14-7-8-15(12(2)18)16(17)9-14/h3-9H,10H2,1-2H3. The zero-order valence-electron chi connectivity index (χ0n) is 10.9. The third-order valence-electron chi connectivity index (χ3n) is 2.85. The van der Waals surface area contributed by atoms with Gasteiger partial charge < -0.3 is 4.74 Å². The number of hydrogen-bond donors (Lipinski definition) is 0. The molecular formula is C16H15FO2. The highest BCUT2D eigenvalue weighted by Gasteiger charge is 2.08. The van der Waals surface area contributed by atoms with Gasteiger partial charge in [0, 0.05) is 6.07 Å². The van der Waals surface area contributed by atoms with Crippen LogP contribution in [-0.4, -0.2) is 5.78 Å². The van der Waals surface area contributed by atoms with E-state index in [1.807, 2.05) is 31.2 Å². The van der Waals surface area contributed by atoms with E-state index in [1.54, 1.807) is 6.07 Å². The summed E-state index contributed by atoms with van der Waals surface area (Å²) in [6, 6.07) is 12.2. The molecule has 0 saturated heterocycles. The first-order chi connectivity index (χ1) is 9.06. The fourth-order valence-electron chi connectivity index (χ4n) is 1.72. The van der Waals surface area contributed by atoms with Crippen molar-refractivity contribution in [3.05, 3.63) is 65.0 Å². The number of halogens is 1. The first kappa shape index (κ1) is 13.3. The smallest absolute Gasteiger partial charge is 0.162 e. The Kier molecular flexibility index (Phi) is 3.95. The lowest BCUT2D eigenvalue weighted by Gasteiger charge is -2.08. The van der Waals surface area contributed by atoms with E-state index >= 15 is 0 Å². The van der Waals surface area contributed by atoms with Crippen LogP contribution in [0.15, 0.2) is 42.5 Å². The number of carbonyl (C=O) groups is 1. The molecule has 2 nitrogen and oxygen atoms in total. The Morgan fingerprint density at radius 1 is 1.16 bits per heavy atom. The highest BCUT2D eigenvalue weighted by Crippen LogP contribution is 2.18. The van der Waals surface area contributed by atoms with Crippen molar-refractivity contribution in [1.29, 1.82) is 0 Å². The van der Waals surface area contributed by atoms with E-state index in [0.29, 0.717) is 12.4 Å². The lowest BCUT2D eigenvalue weighted by Crippen LogP contribution is -1.99. The molecule has 0 fully saturated rings. The molecule has 2 aromatic carbocycles. The quantitative estimate of drug-likeness (QED) is 0.777. The van der Waals surface area contributed by atoms with Crippen molar-refractivity contribution in [2.75, 3.05) is 0 Å². The normalized spacial score (nSPS) is 10.3. The Balaban J connectivity index is 2.06. The summed E-state index contributed by atoms with van der Waals surface area (Å²) in [5.74, 6) is -0.417. The molecule has 0 saturated carbocycles. The molecule has 0 aliphatic carbocycles. The van der Waals surface area contributed by atoms with Crippen molar-refractivity contribution in [2.24, 2.45) is 0 Å². The van der Waals surface area contributed by atoms with Crippen LogP contribution in [0.3, 0.4) is 0 Å². The van der Waals surface area contributed by atoms with Gasteiger partial charge in [-0.15, -0.1) is 0 Å². The van der Waals surface area contributed by atoms with E-state index in [-0.39, 0.29) is 11.3 Å². The monoisotopic (exact) mass is 258 g/mol. The van der Waals surface area contributed by atoms with Gasteiger partial charge in [-0.2, -0.15) is 0 Å². The minimum atomic E-state index is -0.547. The Hall–Kier alpha value is -2.16. The first-order valence-electron chi connectivity index (χ1n) is 6.05. The molecule has 0 atom stereocenters. The summed E-state index contributed by atoms with van der Waals surface area (Å²) in [6.07, 6.45) is 0. The maximum absolute atomic E-state index is 13.6. The van der Waals surface area contributed by atoms with Crippen LogP contribution in [0.5, 0.6) is 5.75 Å².